The largest absolute Gasteiger partial charge is 0.491 e. The van der Waals surface area contributed by atoms with E-state index in [1.807, 2.05) is 37.4 Å². The third kappa shape index (κ3) is 7.73. The van der Waals surface area contributed by atoms with Gasteiger partial charge in [-0.05, 0) is 62.2 Å². The van der Waals surface area contributed by atoms with Crippen LogP contribution in [0, 0.1) is 5.92 Å². The molecule has 0 radical (unpaired) electrons. The average molecular weight is 413 g/mol. The first-order valence-corrected chi connectivity index (χ1v) is 11.0. The molecule has 1 heterocycles. The minimum absolute atomic E-state index is 0.297. The molecule has 5 nitrogen and oxygen atoms in total. The van der Waals surface area contributed by atoms with E-state index in [9.17, 15) is 5.11 Å². The van der Waals surface area contributed by atoms with E-state index in [-0.39, 0.29) is 0 Å². The molecule has 0 aromatic heterocycles. The van der Waals surface area contributed by atoms with E-state index in [4.69, 9.17) is 9.47 Å². The van der Waals surface area contributed by atoms with Crippen molar-refractivity contribution in [1.29, 1.82) is 0 Å². The van der Waals surface area contributed by atoms with Gasteiger partial charge in [-0.2, -0.15) is 0 Å². The van der Waals surface area contributed by atoms with Crippen LogP contribution in [-0.4, -0.2) is 68.0 Å². The van der Waals surface area contributed by atoms with Crippen LogP contribution in [0.5, 0.6) is 5.75 Å². The Morgan fingerprint density at radius 2 is 1.73 bits per heavy atom. The lowest BCUT2D eigenvalue weighted by molar-refractivity contribution is 0.0743. The number of aliphatic hydroxyl groups is 1. The Labute approximate surface area is 181 Å². The Balaban J connectivity index is 1.36. The lowest BCUT2D eigenvalue weighted by Gasteiger charge is -2.31. The van der Waals surface area contributed by atoms with Crippen LogP contribution in [0.25, 0.3) is 0 Å². The third-order valence-corrected chi connectivity index (χ3v) is 5.70. The third-order valence-electron chi connectivity index (χ3n) is 5.70. The van der Waals surface area contributed by atoms with E-state index < -0.39 is 6.10 Å². The molecule has 5 heteroatoms. The highest BCUT2D eigenvalue weighted by atomic mass is 16.5. The molecule has 0 amide bonds. The van der Waals surface area contributed by atoms with Gasteiger partial charge in [0.1, 0.15) is 18.5 Å². The molecule has 1 aliphatic rings. The number of ether oxygens (including phenoxy) is 2. The van der Waals surface area contributed by atoms with E-state index in [0.717, 1.165) is 38.5 Å². The summed E-state index contributed by atoms with van der Waals surface area (Å²) in [6.45, 7) is 5.82. The number of piperidine rings is 1. The van der Waals surface area contributed by atoms with Crippen LogP contribution in [-0.2, 0) is 17.8 Å². The summed E-state index contributed by atoms with van der Waals surface area (Å²) in [6.07, 6.45) is 1.91. The Kier molecular flexibility index (Phi) is 9.15. The number of likely N-dealkylation sites (N-methyl/N-ethyl adjacent to an activating group) is 1. The van der Waals surface area contributed by atoms with Gasteiger partial charge < -0.3 is 14.6 Å². The molecular formula is C25H36N2O3. The standard InChI is InChI=1S/C25H36N2O3/c1-26(16-21-6-4-3-5-7-21)18-24(28)20-30-25-10-8-22(9-11-25)17-27-14-12-23(13-15-27)19-29-2/h3-11,23-24,28H,12-20H2,1-2H3/t24-/m0/s1. The van der Waals surface area contributed by atoms with Crippen molar-refractivity contribution in [3.05, 3.63) is 65.7 Å². The first kappa shape index (κ1) is 22.8. The number of rotatable bonds is 11. The van der Waals surface area contributed by atoms with Gasteiger partial charge in [0.25, 0.3) is 0 Å². The van der Waals surface area contributed by atoms with Crippen molar-refractivity contribution in [1.82, 2.24) is 9.80 Å². The van der Waals surface area contributed by atoms with Gasteiger partial charge in [-0.1, -0.05) is 42.5 Å². The molecule has 0 spiro atoms. The number of methoxy groups -OCH3 is 1. The number of benzene rings is 2. The summed E-state index contributed by atoms with van der Waals surface area (Å²) in [5, 5.41) is 10.3. The van der Waals surface area contributed by atoms with Gasteiger partial charge in [0, 0.05) is 33.4 Å². The summed E-state index contributed by atoms with van der Waals surface area (Å²) in [5.74, 6) is 1.52. The van der Waals surface area contributed by atoms with E-state index >= 15 is 0 Å². The predicted molar refractivity (Wildman–Crippen MR) is 121 cm³/mol. The van der Waals surface area contributed by atoms with Gasteiger partial charge in [0.05, 0.1) is 0 Å². The summed E-state index contributed by atoms with van der Waals surface area (Å²) in [5.41, 5.74) is 2.54. The molecule has 1 atom stereocenters. The maximum atomic E-state index is 10.3. The van der Waals surface area contributed by atoms with Gasteiger partial charge in [-0.15, -0.1) is 0 Å². The molecule has 2 aromatic carbocycles. The van der Waals surface area contributed by atoms with Crippen LogP contribution in [0.2, 0.25) is 0 Å². The molecule has 1 saturated heterocycles. The van der Waals surface area contributed by atoms with E-state index in [2.05, 4.69) is 34.1 Å². The van der Waals surface area contributed by atoms with Crippen LogP contribution in [0.3, 0.4) is 0 Å². The van der Waals surface area contributed by atoms with Gasteiger partial charge in [-0.25, -0.2) is 0 Å². The summed E-state index contributed by atoms with van der Waals surface area (Å²) in [6, 6.07) is 18.6. The second-order valence-electron chi connectivity index (χ2n) is 8.47. The van der Waals surface area contributed by atoms with Crippen LogP contribution in [0.1, 0.15) is 24.0 Å². The molecular weight excluding hydrogens is 376 g/mol. The smallest absolute Gasteiger partial charge is 0.119 e. The maximum absolute atomic E-state index is 10.3. The lowest BCUT2D eigenvalue weighted by atomic mass is 9.97. The van der Waals surface area contributed by atoms with Gasteiger partial charge in [-0.3, -0.25) is 9.80 Å². The molecule has 0 bridgehead atoms. The van der Waals surface area contributed by atoms with Crippen molar-refractivity contribution in [3.63, 3.8) is 0 Å². The minimum atomic E-state index is -0.521. The lowest BCUT2D eigenvalue weighted by Crippen LogP contribution is -2.34. The Morgan fingerprint density at radius 1 is 1.03 bits per heavy atom. The normalized spacial score (nSPS) is 16.7. The second-order valence-corrected chi connectivity index (χ2v) is 8.47. The fourth-order valence-corrected chi connectivity index (χ4v) is 4.06. The molecule has 2 aromatic rings. The molecule has 1 fully saturated rings. The molecule has 0 aliphatic carbocycles. The summed E-state index contributed by atoms with van der Waals surface area (Å²) in [7, 11) is 3.81. The quantitative estimate of drug-likeness (QED) is 0.613. The van der Waals surface area contributed by atoms with E-state index in [1.165, 1.54) is 24.0 Å². The minimum Gasteiger partial charge on any atom is -0.491 e. The number of aliphatic hydroxyl groups excluding tert-OH is 1. The SMILES string of the molecule is COCC1CCN(Cc2ccc(OC[C@@H](O)CN(C)Cc3ccccc3)cc2)CC1. The van der Waals surface area contributed by atoms with Crippen molar-refractivity contribution in [2.24, 2.45) is 5.92 Å². The highest BCUT2D eigenvalue weighted by molar-refractivity contribution is 5.27. The fourth-order valence-electron chi connectivity index (χ4n) is 4.06. The number of likely N-dealkylation sites (tertiary alicyclic amines) is 1. The Morgan fingerprint density at radius 3 is 2.40 bits per heavy atom. The summed E-state index contributed by atoms with van der Waals surface area (Å²) < 4.78 is 11.1. The zero-order chi connectivity index (χ0) is 21.2. The maximum Gasteiger partial charge on any atom is 0.119 e. The molecule has 1 N–H and O–H groups in total. The van der Waals surface area contributed by atoms with Crippen molar-refractivity contribution >= 4 is 0 Å². The van der Waals surface area contributed by atoms with E-state index in [0.29, 0.717) is 19.1 Å². The topological polar surface area (TPSA) is 45.2 Å². The molecule has 0 saturated carbocycles. The molecule has 164 valence electrons. The molecule has 0 unspecified atom stereocenters. The zero-order valence-electron chi connectivity index (χ0n) is 18.4. The molecule has 30 heavy (non-hydrogen) atoms. The highest BCUT2D eigenvalue weighted by Gasteiger charge is 2.19. The number of hydrogen-bond acceptors (Lipinski definition) is 5. The highest BCUT2D eigenvalue weighted by Crippen LogP contribution is 2.20. The van der Waals surface area contributed by atoms with Crippen molar-refractivity contribution < 1.29 is 14.6 Å². The Bertz CT molecular complexity index is 715. The number of hydrogen-bond donors (Lipinski definition) is 1. The van der Waals surface area contributed by atoms with Crippen LogP contribution in [0.4, 0.5) is 0 Å². The zero-order valence-corrected chi connectivity index (χ0v) is 18.4. The Hall–Kier alpha value is -1.92. The predicted octanol–water partition coefficient (Wildman–Crippen LogP) is 3.42. The molecule has 3 rings (SSSR count). The van der Waals surface area contributed by atoms with Gasteiger partial charge in [0.2, 0.25) is 0 Å². The van der Waals surface area contributed by atoms with Crippen LogP contribution < -0.4 is 4.74 Å². The van der Waals surface area contributed by atoms with Crippen molar-refractivity contribution in [3.8, 4) is 5.75 Å². The van der Waals surface area contributed by atoms with Crippen LogP contribution >= 0.6 is 0 Å². The second kappa shape index (κ2) is 12.1. The first-order chi connectivity index (χ1) is 14.6. The van der Waals surface area contributed by atoms with Crippen molar-refractivity contribution in [2.75, 3.05) is 47.0 Å². The summed E-state index contributed by atoms with van der Waals surface area (Å²) >= 11 is 0. The van der Waals surface area contributed by atoms with Crippen molar-refractivity contribution in [2.45, 2.75) is 32.0 Å². The van der Waals surface area contributed by atoms with Gasteiger partial charge >= 0.3 is 0 Å². The first-order valence-electron chi connectivity index (χ1n) is 11.0. The van der Waals surface area contributed by atoms with Crippen LogP contribution in [0.15, 0.2) is 54.6 Å². The number of nitrogens with zero attached hydrogens (tertiary/aromatic N) is 2. The average Bonchev–Trinajstić information content (AvgIpc) is 2.75. The summed E-state index contributed by atoms with van der Waals surface area (Å²) in [4.78, 5) is 4.62. The van der Waals surface area contributed by atoms with E-state index in [1.54, 1.807) is 7.11 Å². The molecule has 1 aliphatic heterocycles. The fraction of sp³-hybridized carbons (Fsp3) is 0.520. The van der Waals surface area contributed by atoms with Gasteiger partial charge in [0.15, 0.2) is 0 Å². The monoisotopic (exact) mass is 412 g/mol.